The molecule has 92 valence electrons. The topological polar surface area (TPSA) is 55.1 Å². The van der Waals surface area contributed by atoms with Gasteiger partial charge in [-0.15, -0.1) is 0 Å². The van der Waals surface area contributed by atoms with Crippen molar-refractivity contribution in [2.45, 2.75) is 0 Å². The summed E-state index contributed by atoms with van der Waals surface area (Å²) in [6, 6.07) is 10.6. The zero-order valence-corrected chi connectivity index (χ0v) is 10.9. The van der Waals surface area contributed by atoms with E-state index in [1.807, 2.05) is 0 Å². The lowest BCUT2D eigenvalue weighted by Crippen LogP contribution is -2.12. The number of rotatable bonds is 2. The third-order valence-corrected chi connectivity index (χ3v) is 3.06. The number of amides is 1. The Bertz CT molecular complexity index is 601. The summed E-state index contributed by atoms with van der Waals surface area (Å²) >= 11 is 3.25. The molecule has 0 spiro atoms. The van der Waals surface area contributed by atoms with E-state index >= 15 is 0 Å². The van der Waals surface area contributed by atoms with E-state index in [4.69, 9.17) is 5.73 Å². The minimum absolute atomic E-state index is 0.334. The summed E-state index contributed by atoms with van der Waals surface area (Å²) in [7, 11) is 0. The lowest BCUT2D eigenvalue weighted by atomic mass is 10.2. The van der Waals surface area contributed by atoms with Gasteiger partial charge in [0.2, 0.25) is 0 Å². The van der Waals surface area contributed by atoms with Crippen LogP contribution in [0.25, 0.3) is 0 Å². The molecule has 0 atom stereocenters. The number of halogens is 2. The Hall–Kier alpha value is -1.88. The van der Waals surface area contributed by atoms with E-state index in [-0.39, 0.29) is 5.91 Å². The van der Waals surface area contributed by atoms with E-state index in [2.05, 4.69) is 21.2 Å². The van der Waals surface area contributed by atoms with Crippen molar-refractivity contribution in [2.24, 2.45) is 0 Å². The second-order valence-corrected chi connectivity index (χ2v) is 4.56. The number of anilines is 2. The van der Waals surface area contributed by atoms with E-state index in [1.165, 1.54) is 18.2 Å². The maximum Gasteiger partial charge on any atom is 0.255 e. The molecule has 0 bridgehead atoms. The van der Waals surface area contributed by atoms with Crippen LogP contribution >= 0.6 is 15.9 Å². The van der Waals surface area contributed by atoms with Gasteiger partial charge in [0.25, 0.3) is 5.91 Å². The van der Waals surface area contributed by atoms with Crippen molar-refractivity contribution in [3.63, 3.8) is 0 Å². The lowest BCUT2D eigenvalue weighted by Gasteiger charge is -2.06. The number of nitrogens with two attached hydrogens (primary N) is 1. The minimum Gasteiger partial charge on any atom is -0.398 e. The van der Waals surface area contributed by atoms with Crippen LogP contribution in [0.1, 0.15) is 10.4 Å². The van der Waals surface area contributed by atoms with Crippen molar-refractivity contribution in [3.8, 4) is 0 Å². The predicted octanol–water partition coefficient (Wildman–Crippen LogP) is 3.42. The Morgan fingerprint density at radius 2 is 2.00 bits per heavy atom. The van der Waals surface area contributed by atoms with Crippen LogP contribution in [0, 0.1) is 5.82 Å². The molecule has 0 aliphatic carbocycles. The van der Waals surface area contributed by atoms with Gasteiger partial charge in [0.05, 0.1) is 0 Å². The molecule has 0 unspecified atom stereocenters. The molecule has 0 aromatic heterocycles. The Morgan fingerprint density at radius 1 is 1.22 bits per heavy atom. The molecule has 0 aliphatic rings. The molecular formula is C13H10BrFN2O. The van der Waals surface area contributed by atoms with Gasteiger partial charge in [-0.25, -0.2) is 4.39 Å². The predicted molar refractivity (Wildman–Crippen MR) is 72.9 cm³/mol. The molecule has 2 aromatic rings. The van der Waals surface area contributed by atoms with Gasteiger partial charge < -0.3 is 11.1 Å². The first-order valence-corrected chi connectivity index (χ1v) is 5.97. The summed E-state index contributed by atoms with van der Waals surface area (Å²) in [6.07, 6.45) is 0. The number of nitrogen functional groups attached to an aromatic ring is 1. The number of hydrogen-bond donors (Lipinski definition) is 2. The average Bonchev–Trinajstić information content (AvgIpc) is 2.32. The molecule has 0 saturated carbocycles. The highest BCUT2D eigenvalue weighted by Crippen LogP contribution is 2.21. The second-order valence-electron chi connectivity index (χ2n) is 3.70. The van der Waals surface area contributed by atoms with Gasteiger partial charge in [-0.05, 0) is 52.3 Å². The number of nitrogens with one attached hydrogen (secondary N) is 1. The Morgan fingerprint density at radius 3 is 2.67 bits per heavy atom. The Labute approximate surface area is 112 Å². The third kappa shape index (κ3) is 2.87. The number of carbonyl (C=O) groups excluding carboxylic acids is 1. The van der Waals surface area contributed by atoms with Gasteiger partial charge in [0, 0.05) is 21.4 Å². The van der Waals surface area contributed by atoms with Gasteiger partial charge in [0.15, 0.2) is 0 Å². The quantitative estimate of drug-likeness (QED) is 0.835. The van der Waals surface area contributed by atoms with Gasteiger partial charge in [-0.1, -0.05) is 6.07 Å². The molecule has 1 amide bonds. The van der Waals surface area contributed by atoms with Gasteiger partial charge >= 0.3 is 0 Å². The lowest BCUT2D eigenvalue weighted by molar-refractivity contribution is 0.102. The number of hydrogen-bond acceptors (Lipinski definition) is 2. The van der Waals surface area contributed by atoms with Crippen LogP contribution in [0.2, 0.25) is 0 Å². The molecule has 3 N–H and O–H groups in total. The zero-order chi connectivity index (χ0) is 13.1. The molecule has 18 heavy (non-hydrogen) atoms. The molecule has 0 radical (unpaired) electrons. The molecule has 5 heteroatoms. The summed E-state index contributed by atoms with van der Waals surface area (Å²) in [6.45, 7) is 0. The summed E-state index contributed by atoms with van der Waals surface area (Å²) in [5.41, 5.74) is 6.98. The normalized spacial score (nSPS) is 10.1. The first-order chi connectivity index (χ1) is 8.56. The first kappa shape index (κ1) is 12.6. The van der Waals surface area contributed by atoms with Crippen LogP contribution in [0.15, 0.2) is 46.9 Å². The molecule has 0 heterocycles. The van der Waals surface area contributed by atoms with Gasteiger partial charge in [-0.2, -0.15) is 0 Å². The summed E-state index contributed by atoms with van der Waals surface area (Å²) < 4.78 is 13.7. The van der Waals surface area contributed by atoms with Crippen molar-refractivity contribution < 1.29 is 9.18 Å². The standard InChI is InChI=1S/C13H10BrFN2O/c14-11-5-4-8(6-12(11)16)13(18)17-10-3-1-2-9(15)7-10/h1-7H,16H2,(H,17,18). The van der Waals surface area contributed by atoms with Crippen LogP contribution in [-0.4, -0.2) is 5.91 Å². The molecule has 0 fully saturated rings. The molecule has 0 saturated heterocycles. The fourth-order valence-corrected chi connectivity index (χ4v) is 1.70. The number of benzene rings is 2. The average molecular weight is 309 g/mol. The van der Waals surface area contributed by atoms with Crippen molar-refractivity contribution in [2.75, 3.05) is 11.1 Å². The van der Waals surface area contributed by atoms with Gasteiger partial charge in [0.1, 0.15) is 5.82 Å². The van der Waals surface area contributed by atoms with Crippen molar-refractivity contribution in [1.82, 2.24) is 0 Å². The van der Waals surface area contributed by atoms with Crippen molar-refractivity contribution in [3.05, 3.63) is 58.3 Å². The van der Waals surface area contributed by atoms with Crippen LogP contribution < -0.4 is 11.1 Å². The van der Waals surface area contributed by atoms with Crippen LogP contribution in [-0.2, 0) is 0 Å². The van der Waals surface area contributed by atoms with Crippen molar-refractivity contribution in [1.29, 1.82) is 0 Å². The van der Waals surface area contributed by atoms with Crippen LogP contribution in [0.3, 0.4) is 0 Å². The molecule has 3 nitrogen and oxygen atoms in total. The second kappa shape index (κ2) is 5.18. The Kier molecular flexibility index (Phi) is 3.62. The van der Waals surface area contributed by atoms with E-state index in [9.17, 15) is 9.18 Å². The largest absolute Gasteiger partial charge is 0.398 e. The van der Waals surface area contributed by atoms with E-state index < -0.39 is 5.82 Å². The van der Waals surface area contributed by atoms with Crippen LogP contribution in [0.4, 0.5) is 15.8 Å². The van der Waals surface area contributed by atoms with E-state index in [1.54, 1.807) is 24.3 Å². The maximum atomic E-state index is 13.0. The fraction of sp³-hybridized carbons (Fsp3) is 0. The SMILES string of the molecule is Nc1cc(C(=O)Nc2cccc(F)c2)ccc1Br. The van der Waals surface area contributed by atoms with E-state index in [0.29, 0.717) is 16.9 Å². The maximum absolute atomic E-state index is 13.0. The molecular weight excluding hydrogens is 299 g/mol. The van der Waals surface area contributed by atoms with Crippen LogP contribution in [0.5, 0.6) is 0 Å². The van der Waals surface area contributed by atoms with E-state index in [0.717, 1.165) is 4.47 Å². The highest BCUT2D eigenvalue weighted by atomic mass is 79.9. The molecule has 0 aliphatic heterocycles. The number of carbonyl (C=O) groups is 1. The Balaban J connectivity index is 2.19. The fourth-order valence-electron chi connectivity index (χ4n) is 1.45. The first-order valence-electron chi connectivity index (χ1n) is 5.18. The minimum atomic E-state index is -0.400. The third-order valence-electron chi connectivity index (χ3n) is 2.34. The molecule has 2 rings (SSSR count). The van der Waals surface area contributed by atoms with Gasteiger partial charge in [-0.3, -0.25) is 4.79 Å². The summed E-state index contributed by atoms with van der Waals surface area (Å²) in [4.78, 5) is 11.9. The summed E-state index contributed by atoms with van der Waals surface area (Å²) in [5.74, 6) is -0.733. The highest BCUT2D eigenvalue weighted by Gasteiger charge is 2.08. The summed E-state index contributed by atoms with van der Waals surface area (Å²) in [5, 5.41) is 2.60. The monoisotopic (exact) mass is 308 g/mol. The zero-order valence-electron chi connectivity index (χ0n) is 9.28. The van der Waals surface area contributed by atoms with Crippen molar-refractivity contribution >= 4 is 33.2 Å². The molecule has 2 aromatic carbocycles. The highest BCUT2D eigenvalue weighted by molar-refractivity contribution is 9.10. The smallest absolute Gasteiger partial charge is 0.255 e.